The summed E-state index contributed by atoms with van der Waals surface area (Å²) in [6, 6.07) is -4.23. The average Bonchev–Trinajstić information content (AvgIpc) is 0.881. The Balaban J connectivity index is 5.89. The van der Waals surface area contributed by atoms with Crippen LogP contribution in [0.3, 0.4) is 0 Å². The van der Waals surface area contributed by atoms with Crippen molar-refractivity contribution in [2.75, 3.05) is 78.8 Å². The fourth-order valence-corrected chi connectivity index (χ4v) is 11.0. The van der Waals surface area contributed by atoms with Gasteiger partial charge in [-0.3, -0.25) is 47.9 Å². The summed E-state index contributed by atoms with van der Waals surface area (Å²) in [6.45, 7) is 7.10. The van der Waals surface area contributed by atoms with E-state index in [0.717, 1.165) is 77.0 Å². The average molecular weight is 1580 g/mol. The minimum Gasteiger partial charge on any atom is -0.370 e. The van der Waals surface area contributed by atoms with Crippen molar-refractivity contribution in [3.63, 3.8) is 0 Å². The molecule has 0 aliphatic rings. The lowest BCUT2D eigenvalue weighted by atomic mass is 10.1. The number of carbonyl (C=O) groups excluding carboxylic acids is 10. The number of nitrogens with two attached hydrogens (primary N) is 2. The van der Waals surface area contributed by atoms with E-state index in [1.165, 1.54) is 154 Å². The number of hydrogen-bond donors (Lipinski definition) is 16. The standard InChI is InChI=1S/C76H145N21O14/c1-5-9-13-17-21-25-29-33-37-47-87-94-108-59-69(101)81-53-51-79-66(98)44-41-63(73(105)85-57-55-83-71(103)61-110-96-89-49-39-35-31-27-23-19-15-11-7-3)91-68(100)46-43-65(93-76(77)78)75(107)92-64(74(106)86-58-56-84-72(104)62-111-97-90-50-40-36-32-28-24-20-16-12-8-4)42-45-67(99)80-52-54-82-70(102)60-109-95-88-48-38-34-30-26-22-18-14-10-6-2/h47-50,63-65,94-97H,5-46,51-62H2,1-4H3,(H,79,98)(H,80,99)(H,81,101)(H,82,102)(H,83,103)(H,84,104)(H,85,105)(H,86,106)(H,91,100)(H,92,107)(H4,77,78,93)/b87-47+,88-48+,89-49+,90-50+/t63-,64-,65-/m0/s1. The molecule has 0 saturated carbocycles. The van der Waals surface area contributed by atoms with E-state index in [9.17, 15) is 47.9 Å². The van der Waals surface area contributed by atoms with Crippen LogP contribution in [-0.2, 0) is 67.3 Å². The van der Waals surface area contributed by atoms with E-state index in [0.29, 0.717) is 0 Å². The van der Waals surface area contributed by atoms with Gasteiger partial charge in [0, 0.05) is 96.5 Å². The van der Waals surface area contributed by atoms with Crippen LogP contribution in [-0.4, -0.2) is 187 Å². The maximum atomic E-state index is 14.1. The van der Waals surface area contributed by atoms with Crippen LogP contribution in [0, 0.1) is 0 Å². The second-order valence-electron chi connectivity index (χ2n) is 27.4. The van der Waals surface area contributed by atoms with Gasteiger partial charge in [0.05, 0.1) is 0 Å². The molecule has 35 nitrogen and oxygen atoms in total. The Kier molecular flexibility index (Phi) is 72.5. The fourth-order valence-electron chi connectivity index (χ4n) is 11.0. The maximum Gasteiger partial charge on any atom is 0.248 e. The van der Waals surface area contributed by atoms with Crippen molar-refractivity contribution < 1.29 is 67.3 Å². The van der Waals surface area contributed by atoms with Crippen molar-refractivity contribution in [1.29, 1.82) is 0 Å². The molecule has 3 atom stereocenters. The Morgan fingerprint density at radius 3 is 0.811 bits per heavy atom. The van der Waals surface area contributed by atoms with Gasteiger partial charge in [0.1, 0.15) is 18.1 Å². The summed E-state index contributed by atoms with van der Waals surface area (Å²) in [4.78, 5) is 156. The highest BCUT2D eigenvalue weighted by Crippen LogP contribution is 2.14. The zero-order chi connectivity index (χ0) is 81.4. The van der Waals surface area contributed by atoms with Gasteiger partial charge in [-0.2, -0.15) is 42.8 Å². The number of nitrogens with one attached hydrogen (secondary N) is 14. The summed E-state index contributed by atoms with van der Waals surface area (Å²) in [5, 5.41) is 42.1. The molecule has 0 heterocycles. The van der Waals surface area contributed by atoms with Gasteiger partial charge in [-0.05, 0) is 70.6 Å². The number of hydrogen-bond acceptors (Lipinski definition) is 23. The molecule has 0 unspecified atom stereocenters. The third kappa shape index (κ3) is 71.7. The van der Waals surface area contributed by atoms with Crippen LogP contribution in [0.2, 0.25) is 0 Å². The van der Waals surface area contributed by atoms with Crippen LogP contribution in [0.4, 0.5) is 0 Å². The molecule has 0 radical (unpaired) electrons. The van der Waals surface area contributed by atoms with E-state index < -0.39 is 96.2 Å². The number of carbonyl (C=O) groups is 10. The number of nitrogens with zero attached hydrogens (tertiary/aromatic N) is 5. The molecule has 0 aromatic rings. The first-order chi connectivity index (χ1) is 54.1. The highest BCUT2D eigenvalue weighted by molar-refractivity contribution is 5.93. The Morgan fingerprint density at radius 1 is 0.288 bits per heavy atom. The van der Waals surface area contributed by atoms with Crippen molar-refractivity contribution >= 4 is 89.9 Å². The monoisotopic (exact) mass is 1580 g/mol. The smallest absolute Gasteiger partial charge is 0.248 e. The van der Waals surface area contributed by atoms with Gasteiger partial charge in [0.2, 0.25) is 59.1 Å². The van der Waals surface area contributed by atoms with Gasteiger partial charge in [-0.25, -0.2) is 24.3 Å². The Bertz CT molecular complexity index is 2570. The summed E-state index contributed by atoms with van der Waals surface area (Å²) < 4.78 is 0. The summed E-state index contributed by atoms with van der Waals surface area (Å²) >= 11 is 0. The summed E-state index contributed by atoms with van der Waals surface area (Å²) in [6.07, 6.45) is 46.0. The van der Waals surface area contributed by atoms with Crippen molar-refractivity contribution in [3.8, 4) is 0 Å². The lowest BCUT2D eigenvalue weighted by Gasteiger charge is -2.22. The van der Waals surface area contributed by atoms with Gasteiger partial charge < -0.3 is 64.6 Å². The van der Waals surface area contributed by atoms with Crippen LogP contribution in [0.5, 0.6) is 0 Å². The van der Waals surface area contributed by atoms with Crippen molar-refractivity contribution in [1.82, 2.24) is 75.5 Å². The summed E-state index contributed by atoms with van der Waals surface area (Å²) in [5.41, 5.74) is 21.1. The fraction of sp³-hybridized carbons (Fsp3) is 0.803. The Morgan fingerprint density at radius 2 is 0.532 bits per heavy atom. The zero-order valence-electron chi connectivity index (χ0n) is 67.8. The normalized spacial score (nSPS) is 12.1. The van der Waals surface area contributed by atoms with E-state index in [1.54, 1.807) is 24.9 Å². The highest BCUT2D eigenvalue weighted by Gasteiger charge is 2.28. The minimum absolute atomic E-state index is 0.00168. The van der Waals surface area contributed by atoms with Gasteiger partial charge in [-0.1, -0.05) is 207 Å². The first kappa shape index (κ1) is 103. The number of aliphatic imine (C=N–C) groups is 1. The molecule has 638 valence electrons. The molecule has 10 amide bonds. The van der Waals surface area contributed by atoms with Crippen LogP contribution >= 0.6 is 0 Å². The molecular formula is C76H145N21O14. The second-order valence-corrected chi connectivity index (χ2v) is 27.4. The van der Waals surface area contributed by atoms with E-state index >= 15 is 0 Å². The number of hydrazone groups is 4. The molecule has 18 N–H and O–H groups in total. The maximum absolute atomic E-state index is 14.1. The van der Waals surface area contributed by atoms with Gasteiger partial charge >= 0.3 is 0 Å². The lowest BCUT2D eigenvalue weighted by Crippen LogP contribution is -2.51. The number of guanidine groups is 1. The van der Waals surface area contributed by atoms with Crippen LogP contribution < -0.4 is 87.0 Å². The predicted octanol–water partition coefficient (Wildman–Crippen LogP) is 6.02. The first-order valence-electron chi connectivity index (χ1n) is 41.4. The van der Waals surface area contributed by atoms with E-state index in [2.05, 4.69) is 129 Å². The van der Waals surface area contributed by atoms with Gasteiger partial charge in [-0.15, -0.1) is 0 Å². The summed E-state index contributed by atoms with van der Waals surface area (Å²) in [7, 11) is 0. The highest BCUT2D eigenvalue weighted by atomic mass is 16.7. The molecule has 0 aliphatic carbocycles. The number of amides is 10. The van der Waals surface area contributed by atoms with Crippen LogP contribution in [0.1, 0.15) is 297 Å². The topological polar surface area (TPSA) is 490 Å². The second kappa shape index (κ2) is 78.4. The third-order valence-corrected chi connectivity index (χ3v) is 17.3. The number of unbranched alkanes of at least 4 members (excludes halogenated alkanes) is 32. The molecule has 0 aromatic carbocycles. The molecule has 0 rings (SSSR count). The van der Waals surface area contributed by atoms with E-state index in [1.807, 2.05) is 0 Å². The SMILES string of the molecule is CCCCCCCCCC/C=N/NOCC(=O)NCCNC(=O)CC[C@H](NC(=O)CC[C@H](N=C(N)N)C(=O)N[C@@H](CCC(=O)NCCNC(=O)CON/N=C/CCCCCCCCCC)C(=O)NCCNC(=O)CON/N=C/CCCCCCCCCC)C(=O)NCCNC(=O)CON/N=C/CCCCCCCCCC. The Hall–Kier alpha value is -8.31. The van der Waals surface area contributed by atoms with Crippen molar-refractivity contribution in [3.05, 3.63) is 0 Å². The molecule has 0 aliphatic heterocycles. The zero-order valence-corrected chi connectivity index (χ0v) is 67.8. The predicted molar refractivity (Wildman–Crippen MR) is 434 cm³/mol. The van der Waals surface area contributed by atoms with Crippen molar-refractivity contribution in [2.24, 2.45) is 36.9 Å². The molecule has 0 aromatic heterocycles. The lowest BCUT2D eigenvalue weighted by molar-refractivity contribution is -0.131. The largest absolute Gasteiger partial charge is 0.370 e. The molecule has 111 heavy (non-hydrogen) atoms. The van der Waals surface area contributed by atoms with Gasteiger partial charge in [0.25, 0.3) is 0 Å². The van der Waals surface area contributed by atoms with Gasteiger partial charge in [0.15, 0.2) is 32.4 Å². The molecule has 35 heteroatoms. The Labute approximate surface area is 661 Å². The molecular weight excluding hydrogens is 1430 g/mol. The number of rotatable bonds is 79. The quantitative estimate of drug-likeness (QED) is 0.0143. The van der Waals surface area contributed by atoms with Crippen molar-refractivity contribution in [2.45, 2.75) is 315 Å². The molecule has 0 spiro atoms. The third-order valence-electron chi connectivity index (χ3n) is 17.3. The molecule has 0 saturated heterocycles. The molecule has 0 fully saturated rings. The summed E-state index contributed by atoms with van der Waals surface area (Å²) in [5.74, 6) is -6.75. The first-order valence-corrected chi connectivity index (χ1v) is 41.4. The van der Waals surface area contributed by atoms with Crippen LogP contribution in [0.25, 0.3) is 0 Å². The molecule has 0 bridgehead atoms. The van der Waals surface area contributed by atoms with E-state index in [4.69, 9.17) is 30.8 Å². The van der Waals surface area contributed by atoms with E-state index in [-0.39, 0.29) is 104 Å². The minimum atomic E-state index is -1.50. The van der Waals surface area contributed by atoms with Crippen LogP contribution in [0.15, 0.2) is 25.4 Å².